The van der Waals surface area contributed by atoms with Gasteiger partial charge in [0.15, 0.2) is 0 Å². The number of halogens is 1. The Morgan fingerprint density at radius 1 is 1.00 bits per heavy atom. The maximum absolute atomic E-state index is 13.0. The number of hydrogen-bond donors (Lipinski definition) is 1. The fraction of sp³-hybridized carbons (Fsp3) is 0. The third kappa shape index (κ3) is 2.47. The normalized spacial score (nSPS) is 11.1. The predicted molar refractivity (Wildman–Crippen MR) is 98.6 cm³/mol. The number of benzene rings is 2. The van der Waals surface area contributed by atoms with Gasteiger partial charge in [0.25, 0.3) is 5.56 Å². The first-order valence-corrected chi connectivity index (χ1v) is 8.00. The summed E-state index contributed by atoms with van der Waals surface area (Å²) >= 11 is 6.08. The number of pyridine rings is 2. The molecular weight excluding hydrogens is 338 g/mol. The molecule has 0 radical (unpaired) electrons. The number of hydrogen-bond acceptors (Lipinski definition) is 2. The quantitative estimate of drug-likeness (QED) is 0.543. The number of nitrogens with zero attached hydrogens (tertiary/aromatic N) is 1. The van der Waals surface area contributed by atoms with Crippen molar-refractivity contribution in [1.82, 2.24) is 4.40 Å². The van der Waals surface area contributed by atoms with Gasteiger partial charge in [-0.3, -0.25) is 9.20 Å². The Balaban J connectivity index is 2.21. The van der Waals surface area contributed by atoms with Gasteiger partial charge in [-0.05, 0) is 35.2 Å². The second kappa shape index (κ2) is 5.76. The molecule has 0 fully saturated rings. The largest absolute Gasteiger partial charge is 0.478 e. The molecule has 0 aliphatic heterocycles. The summed E-state index contributed by atoms with van der Waals surface area (Å²) in [6.07, 6.45) is 1.60. The standard InChI is InChI=1S/C20H12ClNO3/c21-14-7-6-13-8-9-22-18(15(13)10-14)17(20(24)25)11-16(19(22)23)12-4-2-1-3-5-12/h1-11H,(H,24,25). The fourth-order valence-corrected chi connectivity index (χ4v) is 3.25. The molecule has 0 aliphatic carbocycles. The lowest BCUT2D eigenvalue weighted by molar-refractivity contribution is 0.0698. The number of rotatable bonds is 2. The number of carboxylic acid groups (broad SMARTS) is 1. The summed E-state index contributed by atoms with van der Waals surface area (Å²) in [7, 11) is 0. The lowest BCUT2D eigenvalue weighted by Gasteiger charge is -2.12. The van der Waals surface area contributed by atoms with E-state index in [-0.39, 0.29) is 11.1 Å². The highest BCUT2D eigenvalue weighted by molar-refractivity contribution is 6.31. The zero-order valence-electron chi connectivity index (χ0n) is 12.9. The minimum atomic E-state index is -1.10. The molecule has 5 heteroatoms. The maximum Gasteiger partial charge on any atom is 0.337 e. The van der Waals surface area contributed by atoms with Crippen molar-refractivity contribution in [2.45, 2.75) is 0 Å². The summed E-state index contributed by atoms with van der Waals surface area (Å²) in [4.78, 5) is 24.9. The predicted octanol–water partition coefficient (Wildman–Crippen LogP) is 4.47. The second-order valence-electron chi connectivity index (χ2n) is 5.71. The van der Waals surface area contributed by atoms with Crippen LogP contribution in [0.2, 0.25) is 5.02 Å². The van der Waals surface area contributed by atoms with Gasteiger partial charge in [-0.1, -0.05) is 48.0 Å². The van der Waals surface area contributed by atoms with Crippen molar-refractivity contribution >= 4 is 33.9 Å². The molecule has 0 saturated heterocycles. The smallest absolute Gasteiger partial charge is 0.337 e. The summed E-state index contributed by atoms with van der Waals surface area (Å²) in [5, 5.41) is 11.7. The van der Waals surface area contributed by atoms with E-state index in [1.807, 2.05) is 18.2 Å². The van der Waals surface area contributed by atoms with Gasteiger partial charge in [-0.2, -0.15) is 0 Å². The van der Waals surface area contributed by atoms with E-state index in [0.29, 0.717) is 27.1 Å². The van der Waals surface area contributed by atoms with Crippen molar-refractivity contribution in [2.24, 2.45) is 0 Å². The Hall–Kier alpha value is -3.11. The Morgan fingerprint density at radius 3 is 2.48 bits per heavy atom. The maximum atomic E-state index is 13.0. The van der Waals surface area contributed by atoms with Gasteiger partial charge in [0, 0.05) is 22.2 Å². The summed E-state index contributed by atoms with van der Waals surface area (Å²) in [6.45, 7) is 0. The average Bonchev–Trinajstić information content (AvgIpc) is 2.62. The van der Waals surface area contributed by atoms with Crippen LogP contribution in [0.1, 0.15) is 10.4 Å². The van der Waals surface area contributed by atoms with Crippen molar-refractivity contribution in [3.8, 4) is 11.1 Å². The van der Waals surface area contributed by atoms with Crippen molar-refractivity contribution < 1.29 is 9.90 Å². The van der Waals surface area contributed by atoms with Crippen LogP contribution in [0.3, 0.4) is 0 Å². The highest BCUT2D eigenvalue weighted by atomic mass is 35.5. The molecule has 0 atom stereocenters. The molecule has 0 saturated carbocycles. The van der Waals surface area contributed by atoms with Crippen molar-refractivity contribution in [2.75, 3.05) is 0 Å². The van der Waals surface area contributed by atoms with E-state index < -0.39 is 5.97 Å². The lowest BCUT2D eigenvalue weighted by atomic mass is 10.0. The number of fused-ring (bicyclic) bond motifs is 3. The molecule has 2 aromatic carbocycles. The van der Waals surface area contributed by atoms with E-state index in [2.05, 4.69) is 0 Å². The summed E-state index contributed by atoms with van der Waals surface area (Å²) in [5.74, 6) is -1.10. The van der Waals surface area contributed by atoms with Crippen molar-refractivity contribution in [3.05, 3.63) is 87.8 Å². The van der Waals surface area contributed by atoms with E-state index >= 15 is 0 Å². The van der Waals surface area contributed by atoms with Gasteiger partial charge in [0.05, 0.1) is 11.1 Å². The summed E-state index contributed by atoms with van der Waals surface area (Å²) in [6, 6.07) is 17.5. The first kappa shape index (κ1) is 15.4. The fourth-order valence-electron chi connectivity index (χ4n) is 3.07. The van der Waals surface area contributed by atoms with E-state index in [1.54, 1.807) is 42.6 Å². The van der Waals surface area contributed by atoms with Gasteiger partial charge in [0.1, 0.15) is 0 Å². The van der Waals surface area contributed by atoms with E-state index in [1.165, 1.54) is 10.5 Å². The molecule has 0 amide bonds. The topological polar surface area (TPSA) is 58.8 Å². The average molecular weight is 350 g/mol. The first-order chi connectivity index (χ1) is 12.1. The molecule has 122 valence electrons. The summed E-state index contributed by atoms with van der Waals surface area (Å²) < 4.78 is 1.38. The molecule has 0 spiro atoms. The van der Waals surface area contributed by atoms with Crippen LogP contribution in [0, 0.1) is 0 Å². The minimum Gasteiger partial charge on any atom is -0.478 e. The monoisotopic (exact) mass is 349 g/mol. The SMILES string of the molecule is O=C(O)c1cc(-c2ccccc2)c(=O)n2ccc3ccc(Cl)cc3c12. The number of aromatic carboxylic acids is 1. The summed E-state index contributed by atoms with van der Waals surface area (Å²) in [5.41, 5.74) is 1.16. The third-order valence-corrected chi connectivity index (χ3v) is 4.46. The van der Waals surface area contributed by atoms with Gasteiger partial charge >= 0.3 is 5.97 Å². The van der Waals surface area contributed by atoms with E-state index in [9.17, 15) is 14.7 Å². The zero-order valence-corrected chi connectivity index (χ0v) is 13.7. The van der Waals surface area contributed by atoms with Crippen molar-refractivity contribution in [1.29, 1.82) is 0 Å². The number of aromatic nitrogens is 1. The van der Waals surface area contributed by atoms with Crippen LogP contribution in [-0.2, 0) is 0 Å². The third-order valence-electron chi connectivity index (χ3n) is 4.22. The van der Waals surface area contributed by atoms with Gasteiger partial charge in [0.2, 0.25) is 0 Å². The Morgan fingerprint density at radius 2 is 1.76 bits per heavy atom. The van der Waals surface area contributed by atoms with Crippen LogP contribution in [0.25, 0.3) is 27.4 Å². The zero-order chi connectivity index (χ0) is 17.6. The second-order valence-corrected chi connectivity index (χ2v) is 6.15. The molecule has 4 nitrogen and oxygen atoms in total. The Bertz CT molecular complexity index is 1200. The molecule has 4 rings (SSSR count). The van der Waals surface area contributed by atoms with Crippen LogP contribution >= 0.6 is 11.6 Å². The Labute approximate surface area is 147 Å². The van der Waals surface area contributed by atoms with Crippen LogP contribution in [0.4, 0.5) is 0 Å². The molecule has 4 aromatic rings. The van der Waals surface area contributed by atoms with E-state index in [4.69, 9.17) is 11.6 Å². The lowest BCUT2D eigenvalue weighted by Crippen LogP contribution is -2.19. The molecule has 2 heterocycles. The van der Waals surface area contributed by atoms with Crippen LogP contribution in [0.5, 0.6) is 0 Å². The number of carbonyl (C=O) groups is 1. The Kier molecular flexibility index (Phi) is 3.55. The van der Waals surface area contributed by atoms with Gasteiger partial charge in [-0.25, -0.2) is 4.79 Å². The first-order valence-electron chi connectivity index (χ1n) is 7.62. The van der Waals surface area contributed by atoms with Gasteiger partial charge < -0.3 is 5.11 Å². The molecule has 1 N–H and O–H groups in total. The molecule has 0 unspecified atom stereocenters. The highest BCUT2D eigenvalue weighted by Crippen LogP contribution is 2.27. The number of carboxylic acids is 1. The highest BCUT2D eigenvalue weighted by Gasteiger charge is 2.17. The molecule has 0 bridgehead atoms. The van der Waals surface area contributed by atoms with Crippen molar-refractivity contribution in [3.63, 3.8) is 0 Å². The van der Waals surface area contributed by atoms with Crippen LogP contribution in [0.15, 0.2) is 71.7 Å². The minimum absolute atomic E-state index is 0.0614. The molecule has 2 aromatic heterocycles. The molecule has 0 aliphatic rings. The van der Waals surface area contributed by atoms with Gasteiger partial charge in [-0.15, -0.1) is 0 Å². The molecule has 25 heavy (non-hydrogen) atoms. The van der Waals surface area contributed by atoms with Crippen LogP contribution in [-0.4, -0.2) is 15.5 Å². The molecular formula is C20H12ClNO3. The van der Waals surface area contributed by atoms with Crippen LogP contribution < -0.4 is 5.56 Å². The van der Waals surface area contributed by atoms with E-state index in [0.717, 1.165) is 5.39 Å².